The van der Waals surface area contributed by atoms with Crippen molar-refractivity contribution in [2.45, 2.75) is 90.1 Å². The first-order valence-corrected chi connectivity index (χ1v) is 12.3. The molecule has 0 radical (unpaired) electrons. The van der Waals surface area contributed by atoms with Gasteiger partial charge in [-0.1, -0.05) is 13.0 Å². The van der Waals surface area contributed by atoms with Crippen molar-refractivity contribution >= 4 is 17.7 Å². The van der Waals surface area contributed by atoms with Crippen molar-refractivity contribution in [3.8, 4) is 0 Å². The van der Waals surface area contributed by atoms with Crippen molar-refractivity contribution in [2.75, 3.05) is 13.7 Å². The predicted octanol–water partition coefficient (Wildman–Crippen LogP) is 3.73. The maximum Gasteiger partial charge on any atom is 0.303 e. The summed E-state index contributed by atoms with van der Waals surface area (Å²) in [5.41, 5.74) is -0.797. The number of hydrogen-bond acceptors (Lipinski definition) is 7. The minimum atomic E-state index is -0.682. The number of methoxy groups -OCH3 is 1. The van der Waals surface area contributed by atoms with Crippen LogP contribution >= 0.6 is 0 Å². The van der Waals surface area contributed by atoms with Gasteiger partial charge in [-0.2, -0.15) is 0 Å². The molecule has 5 fully saturated rings. The molecule has 0 aromatic rings. The van der Waals surface area contributed by atoms with Gasteiger partial charge in [0.1, 0.15) is 18.3 Å². The van der Waals surface area contributed by atoms with E-state index in [1.54, 1.807) is 14.0 Å². The van der Waals surface area contributed by atoms with Crippen LogP contribution in [0.2, 0.25) is 0 Å². The van der Waals surface area contributed by atoms with E-state index >= 15 is 0 Å². The number of esters is 2. The molecule has 182 valence electrons. The molecule has 2 saturated heterocycles. The van der Waals surface area contributed by atoms with E-state index in [1.165, 1.54) is 13.8 Å². The fourth-order valence-corrected chi connectivity index (χ4v) is 8.77. The van der Waals surface area contributed by atoms with Crippen LogP contribution in [0.25, 0.3) is 0 Å². The Morgan fingerprint density at radius 2 is 1.82 bits per heavy atom. The minimum absolute atomic E-state index is 0.0125. The number of fused-ring (bicyclic) bond motifs is 3. The molecule has 2 heterocycles. The molecule has 3 saturated carbocycles. The van der Waals surface area contributed by atoms with E-state index in [0.29, 0.717) is 17.9 Å². The molecular formula is C26H36O7. The van der Waals surface area contributed by atoms with Gasteiger partial charge in [0.05, 0.1) is 0 Å². The third kappa shape index (κ3) is 2.90. The second-order valence-electron chi connectivity index (χ2n) is 11.3. The summed E-state index contributed by atoms with van der Waals surface area (Å²) in [7, 11) is 1.72. The first kappa shape index (κ1) is 23.0. The molecule has 4 aliphatic carbocycles. The smallest absolute Gasteiger partial charge is 0.303 e. The van der Waals surface area contributed by atoms with E-state index in [2.05, 4.69) is 6.92 Å². The topological polar surface area (TPSA) is 88.1 Å². The summed E-state index contributed by atoms with van der Waals surface area (Å²) in [4.78, 5) is 37.0. The van der Waals surface area contributed by atoms with Crippen molar-refractivity contribution in [1.29, 1.82) is 0 Å². The molecule has 1 spiro atoms. The molecule has 0 N–H and O–H groups in total. The molecule has 0 aromatic heterocycles. The van der Waals surface area contributed by atoms with Crippen LogP contribution in [0.4, 0.5) is 0 Å². The van der Waals surface area contributed by atoms with Crippen LogP contribution in [0.1, 0.15) is 72.6 Å². The van der Waals surface area contributed by atoms with Crippen LogP contribution in [0, 0.1) is 28.6 Å². The summed E-state index contributed by atoms with van der Waals surface area (Å²) in [6.07, 6.45) is 7.27. The first-order chi connectivity index (χ1) is 15.5. The number of hydrogen-bond donors (Lipinski definition) is 0. The van der Waals surface area contributed by atoms with Crippen LogP contribution in [0.15, 0.2) is 11.6 Å². The van der Waals surface area contributed by atoms with Gasteiger partial charge >= 0.3 is 11.9 Å². The van der Waals surface area contributed by atoms with Crippen molar-refractivity contribution < 1.29 is 33.3 Å². The van der Waals surface area contributed by atoms with Crippen LogP contribution < -0.4 is 0 Å². The summed E-state index contributed by atoms with van der Waals surface area (Å²) in [6.45, 7) is 6.84. The highest BCUT2D eigenvalue weighted by atomic mass is 16.7. The molecule has 8 unspecified atom stereocenters. The van der Waals surface area contributed by atoms with Crippen molar-refractivity contribution in [1.82, 2.24) is 0 Å². The lowest BCUT2D eigenvalue weighted by molar-refractivity contribution is -0.440. The third-order valence-electron chi connectivity index (χ3n) is 10.0. The molecule has 0 amide bonds. The number of allylic oxidation sites excluding steroid dienone is 1. The van der Waals surface area contributed by atoms with Gasteiger partial charge < -0.3 is 18.9 Å². The Bertz CT molecular complexity index is 926. The zero-order chi connectivity index (χ0) is 23.8. The molecule has 33 heavy (non-hydrogen) atoms. The van der Waals surface area contributed by atoms with E-state index in [9.17, 15) is 14.4 Å². The molecular weight excluding hydrogens is 424 g/mol. The molecule has 6 rings (SSSR count). The summed E-state index contributed by atoms with van der Waals surface area (Å²) < 4.78 is 24.8. The SMILES string of the molecule is COC12CCC3(C)C(CCC4C5CC=C(C(C)=O)C5(COC(C)=O)CC(OC(C)=O)C43O1)C2. The first-order valence-electron chi connectivity index (χ1n) is 12.3. The average Bonchev–Trinajstić information content (AvgIpc) is 3.11. The van der Waals surface area contributed by atoms with Gasteiger partial charge in [-0.05, 0) is 50.4 Å². The monoisotopic (exact) mass is 460 g/mol. The van der Waals surface area contributed by atoms with Crippen molar-refractivity contribution in [2.24, 2.45) is 28.6 Å². The Kier molecular flexibility index (Phi) is 5.15. The summed E-state index contributed by atoms with van der Waals surface area (Å²) in [6, 6.07) is 0. The Morgan fingerprint density at radius 3 is 2.45 bits per heavy atom. The number of ether oxygens (including phenoxy) is 4. The molecule has 4 bridgehead atoms. The Labute approximate surface area is 195 Å². The number of Topliss-reactive ketones (excluding diaryl/α,β-unsaturated/α-hetero) is 1. The van der Waals surface area contributed by atoms with Gasteiger partial charge in [0, 0.05) is 56.6 Å². The Morgan fingerprint density at radius 1 is 1.06 bits per heavy atom. The number of rotatable bonds is 5. The number of carbonyl (C=O) groups is 3. The van der Waals surface area contributed by atoms with Gasteiger partial charge in [-0.3, -0.25) is 14.4 Å². The lowest BCUT2D eigenvalue weighted by Gasteiger charge is -2.74. The number of carbonyl (C=O) groups excluding carboxylic acids is 3. The van der Waals surface area contributed by atoms with Crippen molar-refractivity contribution in [3.63, 3.8) is 0 Å². The quantitative estimate of drug-likeness (QED) is 0.578. The molecule has 0 aromatic carbocycles. The molecule has 7 heteroatoms. The standard InChI is InChI=1S/C26H36O7/c1-15(27)19-8-9-20-21-7-6-18-12-25(30-5)11-10-23(18,4)26(21,33-25)22(32-17(3)29)13-24(19,20)14-31-16(2)28/h8,18,20-22H,6-7,9-14H2,1-5H3. The number of ketones is 1. The fraction of sp³-hybridized carbons (Fsp3) is 0.808. The van der Waals surface area contributed by atoms with Gasteiger partial charge in [0.2, 0.25) is 0 Å². The highest BCUT2D eigenvalue weighted by molar-refractivity contribution is 5.95. The highest BCUT2D eigenvalue weighted by Gasteiger charge is 2.78. The zero-order valence-electron chi connectivity index (χ0n) is 20.4. The molecule has 8 atom stereocenters. The van der Waals surface area contributed by atoms with Gasteiger partial charge in [0.25, 0.3) is 0 Å². The minimum Gasteiger partial charge on any atom is -0.465 e. The van der Waals surface area contributed by atoms with E-state index < -0.39 is 22.9 Å². The zero-order valence-corrected chi connectivity index (χ0v) is 20.4. The molecule has 2 aliphatic heterocycles. The second-order valence-corrected chi connectivity index (χ2v) is 11.3. The summed E-state index contributed by atoms with van der Waals surface area (Å²) in [5.74, 6) is -0.834. The van der Waals surface area contributed by atoms with E-state index in [0.717, 1.165) is 38.5 Å². The average molecular weight is 461 g/mol. The van der Waals surface area contributed by atoms with Gasteiger partial charge in [0.15, 0.2) is 11.6 Å². The van der Waals surface area contributed by atoms with Crippen LogP contribution in [0.3, 0.4) is 0 Å². The fourth-order valence-electron chi connectivity index (χ4n) is 8.77. The van der Waals surface area contributed by atoms with Gasteiger partial charge in [-0.25, -0.2) is 0 Å². The maximum atomic E-state index is 12.8. The lowest BCUT2D eigenvalue weighted by Crippen LogP contribution is -2.79. The lowest BCUT2D eigenvalue weighted by atomic mass is 9.39. The summed E-state index contributed by atoms with van der Waals surface area (Å²) in [5, 5.41) is 0. The highest BCUT2D eigenvalue weighted by Crippen LogP contribution is 2.74. The van der Waals surface area contributed by atoms with E-state index in [1.807, 2.05) is 6.08 Å². The van der Waals surface area contributed by atoms with Crippen LogP contribution in [0.5, 0.6) is 0 Å². The van der Waals surface area contributed by atoms with E-state index in [4.69, 9.17) is 18.9 Å². The van der Waals surface area contributed by atoms with Crippen LogP contribution in [-0.4, -0.2) is 48.9 Å². The van der Waals surface area contributed by atoms with Crippen LogP contribution in [-0.2, 0) is 33.3 Å². The molecule has 6 aliphatic rings. The van der Waals surface area contributed by atoms with Gasteiger partial charge in [-0.15, -0.1) is 0 Å². The largest absolute Gasteiger partial charge is 0.465 e. The Balaban J connectivity index is 1.67. The molecule has 7 nitrogen and oxygen atoms in total. The normalized spacial score (nSPS) is 47.2. The van der Waals surface area contributed by atoms with Crippen molar-refractivity contribution in [3.05, 3.63) is 11.6 Å². The summed E-state index contributed by atoms with van der Waals surface area (Å²) >= 11 is 0. The predicted molar refractivity (Wildman–Crippen MR) is 118 cm³/mol. The third-order valence-corrected chi connectivity index (χ3v) is 10.0. The maximum absolute atomic E-state index is 12.8. The Hall–Kier alpha value is -1.73. The van der Waals surface area contributed by atoms with E-state index in [-0.39, 0.29) is 41.6 Å². The second kappa shape index (κ2) is 7.38.